The van der Waals surface area contributed by atoms with Gasteiger partial charge in [-0.15, -0.1) is 0 Å². The third kappa shape index (κ3) is 5.75. The van der Waals surface area contributed by atoms with E-state index < -0.39 is 11.8 Å². The maximum absolute atomic E-state index is 13.5. The van der Waals surface area contributed by atoms with Crippen molar-refractivity contribution in [2.45, 2.75) is 26.1 Å². The zero-order chi connectivity index (χ0) is 28.0. The van der Waals surface area contributed by atoms with Crippen LogP contribution in [0.2, 0.25) is 0 Å². The Morgan fingerprint density at radius 1 is 0.769 bits per heavy atom. The smallest absolute Gasteiger partial charge is 0.338 e. The monoisotopic (exact) mass is 520 g/mol. The number of Topliss-reactive ketones (excluding diaryl/α,β-unsaturated/α-hetero) is 1. The maximum Gasteiger partial charge on any atom is 0.338 e. The van der Waals surface area contributed by atoms with Gasteiger partial charge < -0.3 is 14.2 Å². The normalized spacial score (nSPS) is 11.2. The van der Waals surface area contributed by atoms with Crippen LogP contribution in [0, 0.1) is 0 Å². The predicted octanol–water partition coefficient (Wildman–Crippen LogP) is 7.39. The van der Waals surface area contributed by atoms with Gasteiger partial charge in [0.1, 0.15) is 5.75 Å². The molecule has 0 saturated carbocycles. The van der Waals surface area contributed by atoms with E-state index in [9.17, 15) is 9.59 Å². The van der Waals surface area contributed by atoms with Crippen LogP contribution in [0.1, 0.15) is 35.3 Å². The molecule has 0 radical (unpaired) electrons. The van der Waals surface area contributed by atoms with Crippen molar-refractivity contribution in [1.29, 1.82) is 0 Å². The standard InChI is InChI=1S/C34H32O5/c1-6-24-22-28(18-21-31(24)26-16-19-30(20-17-26)39-33(36)23(2)3)25-12-14-27(15-13-25)32(35)34(37-4,38-5)29-10-8-7-9-11-29/h7-22H,2,6H2,1,3-5H3. The van der Waals surface area contributed by atoms with Gasteiger partial charge in [0.25, 0.3) is 5.79 Å². The van der Waals surface area contributed by atoms with Gasteiger partial charge in [-0.05, 0) is 53.3 Å². The van der Waals surface area contributed by atoms with Gasteiger partial charge in [0.15, 0.2) is 0 Å². The van der Waals surface area contributed by atoms with Crippen LogP contribution in [-0.4, -0.2) is 26.0 Å². The van der Waals surface area contributed by atoms with E-state index in [0.29, 0.717) is 22.4 Å². The molecule has 198 valence electrons. The molecule has 0 spiro atoms. The van der Waals surface area contributed by atoms with E-state index in [1.807, 2.05) is 54.6 Å². The Morgan fingerprint density at radius 3 is 1.92 bits per heavy atom. The molecule has 0 aromatic heterocycles. The summed E-state index contributed by atoms with van der Waals surface area (Å²) in [7, 11) is 2.94. The lowest BCUT2D eigenvalue weighted by molar-refractivity contribution is -0.176. The fourth-order valence-electron chi connectivity index (χ4n) is 4.54. The van der Waals surface area contributed by atoms with Gasteiger partial charge >= 0.3 is 5.97 Å². The summed E-state index contributed by atoms with van der Waals surface area (Å²) in [5.74, 6) is -1.75. The number of aryl methyl sites for hydroxylation is 1. The molecule has 0 aliphatic heterocycles. The SMILES string of the molecule is C=C(C)C(=O)Oc1ccc(-c2ccc(-c3ccc(C(=O)C(OC)(OC)c4ccccc4)cc3)cc2CC)cc1. The second-order valence-electron chi connectivity index (χ2n) is 9.22. The van der Waals surface area contributed by atoms with Crippen molar-refractivity contribution < 1.29 is 23.8 Å². The molecule has 39 heavy (non-hydrogen) atoms. The first-order chi connectivity index (χ1) is 18.8. The summed E-state index contributed by atoms with van der Waals surface area (Å²) in [5.41, 5.74) is 6.85. The van der Waals surface area contributed by atoms with Crippen molar-refractivity contribution in [2.75, 3.05) is 14.2 Å². The zero-order valence-corrected chi connectivity index (χ0v) is 22.7. The van der Waals surface area contributed by atoms with Crippen LogP contribution in [0.15, 0.2) is 109 Å². The molecular formula is C34H32O5. The molecule has 0 unspecified atom stereocenters. The van der Waals surface area contributed by atoms with Gasteiger partial charge in [-0.1, -0.05) is 98.4 Å². The number of ketones is 1. The van der Waals surface area contributed by atoms with Gasteiger partial charge in [-0.25, -0.2) is 4.79 Å². The first kappa shape index (κ1) is 27.7. The molecule has 5 nitrogen and oxygen atoms in total. The summed E-state index contributed by atoms with van der Waals surface area (Å²) in [5, 5.41) is 0. The molecule has 5 heteroatoms. The molecule has 0 atom stereocenters. The van der Waals surface area contributed by atoms with E-state index in [-0.39, 0.29) is 5.78 Å². The van der Waals surface area contributed by atoms with Gasteiger partial charge in [-0.2, -0.15) is 0 Å². The Labute approximate surface area is 229 Å². The molecule has 0 amide bonds. The molecule has 4 aromatic carbocycles. The summed E-state index contributed by atoms with van der Waals surface area (Å²) < 4.78 is 16.6. The lowest BCUT2D eigenvalue weighted by Gasteiger charge is -2.29. The number of carbonyl (C=O) groups is 2. The Hall–Kier alpha value is -4.32. The predicted molar refractivity (Wildman–Crippen MR) is 154 cm³/mol. The second kappa shape index (κ2) is 12.0. The summed E-state index contributed by atoms with van der Waals surface area (Å²) >= 11 is 0. The highest BCUT2D eigenvalue weighted by atomic mass is 16.7. The number of hydrogen-bond acceptors (Lipinski definition) is 5. The van der Waals surface area contributed by atoms with Gasteiger partial charge in [0, 0.05) is 30.9 Å². The van der Waals surface area contributed by atoms with Gasteiger partial charge in [-0.3, -0.25) is 4.79 Å². The van der Waals surface area contributed by atoms with Gasteiger partial charge in [0.2, 0.25) is 5.78 Å². The number of carbonyl (C=O) groups excluding carboxylic acids is 2. The highest BCUT2D eigenvalue weighted by Gasteiger charge is 2.41. The maximum atomic E-state index is 13.5. The van der Waals surface area contributed by atoms with Crippen LogP contribution >= 0.6 is 0 Å². The number of ether oxygens (including phenoxy) is 3. The van der Waals surface area contributed by atoms with E-state index in [2.05, 4.69) is 31.7 Å². The van der Waals surface area contributed by atoms with Crippen LogP contribution < -0.4 is 4.74 Å². The molecule has 0 aliphatic rings. The van der Waals surface area contributed by atoms with Crippen LogP contribution in [0.5, 0.6) is 5.75 Å². The summed E-state index contributed by atoms with van der Waals surface area (Å²) in [4.78, 5) is 25.3. The minimum absolute atomic E-state index is 0.271. The van der Waals surface area contributed by atoms with E-state index in [4.69, 9.17) is 14.2 Å². The van der Waals surface area contributed by atoms with E-state index in [0.717, 1.165) is 28.7 Å². The lowest BCUT2D eigenvalue weighted by atomic mass is 9.92. The van der Waals surface area contributed by atoms with Crippen LogP contribution in [0.3, 0.4) is 0 Å². The molecular weight excluding hydrogens is 488 g/mol. The minimum atomic E-state index is -1.52. The van der Waals surface area contributed by atoms with E-state index in [1.165, 1.54) is 19.8 Å². The van der Waals surface area contributed by atoms with Crippen molar-refractivity contribution in [1.82, 2.24) is 0 Å². The summed E-state index contributed by atoms with van der Waals surface area (Å²) in [6.07, 6.45) is 0.841. The van der Waals surface area contributed by atoms with Crippen molar-refractivity contribution in [3.05, 3.63) is 126 Å². The molecule has 0 saturated heterocycles. The second-order valence-corrected chi connectivity index (χ2v) is 9.22. The third-order valence-corrected chi connectivity index (χ3v) is 6.72. The molecule has 0 bridgehead atoms. The molecule has 0 aliphatic carbocycles. The minimum Gasteiger partial charge on any atom is -0.423 e. The quantitative estimate of drug-likeness (QED) is 0.0717. The van der Waals surface area contributed by atoms with Crippen molar-refractivity contribution in [3.63, 3.8) is 0 Å². The fourth-order valence-corrected chi connectivity index (χ4v) is 4.54. The zero-order valence-electron chi connectivity index (χ0n) is 22.7. The first-order valence-corrected chi connectivity index (χ1v) is 12.7. The average molecular weight is 521 g/mol. The number of rotatable bonds is 10. The Balaban J connectivity index is 1.58. The molecule has 4 aromatic rings. The van der Waals surface area contributed by atoms with Crippen molar-refractivity contribution in [2.24, 2.45) is 0 Å². The molecule has 4 rings (SSSR count). The summed E-state index contributed by atoms with van der Waals surface area (Å²) in [6.45, 7) is 7.35. The fraction of sp³-hybridized carbons (Fsp3) is 0.176. The van der Waals surface area contributed by atoms with Crippen LogP contribution in [0.25, 0.3) is 22.3 Å². The van der Waals surface area contributed by atoms with Crippen LogP contribution in [0.4, 0.5) is 0 Å². The van der Waals surface area contributed by atoms with Crippen LogP contribution in [-0.2, 0) is 26.5 Å². The Bertz CT molecular complexity index is 1460. The van der Waals surface area contributed by atoms with Gasteiger partial charge in [0.05, 0.1) is 0 Å². The number of benzene rings is 4. The molecule has 0 fully saturated rings. The van der Waals surface area contributed by atoms with E-state index in [1.54, 1.807) is 31.2 Å². The highest BCUT2D eigenvalue weighted by molar-refractivity contribution is 6.02. The third-order valence-electron chi connectivity index (χ3n) is 6.72. The number of methoxy groups -OCH3 is 2. The number of esters is 1. The highest BCUT2D eigenvalue weighted by Crippen LogP contribution is 2.33. The topological polar surface area (TPSA) is 61.8 Å². The Kier molecular flexibility index (Phi) is 8.55. The van der Waals surface area contributed by atoms with Crippen molar-refractivity contribution in [3.8, 4) is 28.0 Å². The first-order valence-electron chi connectivity index (χ1n) is 12.7. The Morgan fingerprint density at radius 2 is 1.36 bits per heavy atom. The number of hydrogen-bond donors (Lipinski definition) is 0. The molecule has 0 heterocycles. The lowest BCUT2D eigenvalue weighted by Crippen LogP contribution is -2.39. The molecule has 0 N–H and O–H groups in total. The largest absolute Gasteiger partial charge is 0.423 e. The average Bonchev–Trinajstić information content (AvgIpc) is 2.98. The van der Waals surface area contributed by atoms with Crippen molar-refractivity contribution >= 4 is 11.8 Å². The summed E-state index contributed by atoms with van der Waals surface area (Å²) in [6, 6.07) is 30.5. The van der Waals surface area contributed by atoms with E-state index >= 15 is 0 Å².